The van der Waals surface area contributed by atoms with Gasteiger partial charge in [0.2, 0.25) is 0 Å². The lowest BCUT2D eigenvalue weighted by Crippen LogP contribution is -2.17. The van der Waals surface area contributed by atoms with Crippen LogP contribution >= 0.6 is 0 Å². The number of rotatable bonds is 8. The van der Waals surface area contributed by atoms with Crippen molar-refractivity contribution >= 4 is 49.5 Å². The van der Waals surface area contributed by atoms with Gasteiger partial charge in [0.1, 0.15) is 0 Å². The van der Waals surface area contributed by atoms with E-state index in [1.807, 2.05) is 0 Å². The first-order chi connectivity index (χ1) is 34.0. The predicted molar refractivity (Wildman–Crippen MR) is 292 cm³/mol. The van der Waals surface area contributed by atoms with Crippen molar-refractivity contribution in [2.24, 2.45) is 0 Å². The van der Waals surface area contributed by atoms with Crippen LogP contribution in [0.4, 0.5) is 17.1 Å². The van der Waals surface area contributed by atoms with Gasteiger partial charge in [0.25, 0.3) is 0 Å². The zero-order valence-corrected chi connectivity index (χ0v) is 38.6. The van der Waals surface area contributed by atoms with Gasteiger partial charge in [-0.1, -0.05) is 220 Å². The zero-order chi connectivity index (χ0) is 46.1. The molecular formula is C67H48N2. The average Bonchev–Trinajstić information content (AvgIpc) is 3.89. The van der Waals surface area contributed by atoms with Gasteiger partial charge in [-0.15, -0.1) is 0 Å². The second-order valence-corrected chi connectivity index (χ2v) is 18.9. The Balaban J connectivity index is 0.994. The summed E-state index contributed by atoms with van der Waals surface area (Å²) in [5, 5.41) is 6.30. The van der Waals surface area contributed by atoms with Crippen molar-refractivity contribution < 1.29 is 0 Å². The van der Waals surface area contributed by atoms with Gasteiger partial charge in [-0.25, -0.2) is 0 Å². The van der Waals surface area contributed by atoms with E-state index in [-0.39, 0.29) is 5.41 Å². The molecule has 0 unspecified atom stereocenters. The summed E-state index contributed by atoms with van der Waals surface area (Å²) < 4.78 is 2.58. The maximum Gasteiger partial charge on any atom is 0.0626 e. The van der Waals surface area contributed by atoms with E-state index in [1.54, 1.807) is 0 Å². The second-order valence-electron chi connectivity index (χ2n) is 18.9. The number of aromatic nitrogens is 1. The predicted octanol–water partition coefficient (Wildman–Crippen LogP) is 18.4. The fraction of sp³-hybridized carbons (Fsp3) is 0.0448. The molecule has 13 rings (SSSR count). The summed E-state index contributed by atoms with van der Waals surface area (Å²) in [6.45, 7) is 4.81. The Kier molecular flexibility index (Phi) is 9.55. The Hall–Kier alpha value is -8.72. The highest BCUT2D eigenvalue weighted by Gasteiger charge is 2.37. The van der Waals surface area contributed by atoms with Crippen molar-refractivity contribution in [2.75, 3.05) is 4.90 Å². The summed E-state index contributed by atoms with van der Waals surface area (Å²) in [7, 11) is 0. The Bertz CT molecular complexity index is 3790. The third kappa shape index (κ3) is 6.63. The molecule has 0 aliphatic heterocycles. The van der Waals surface area contributed by atoms with Crippen LogP contribution in [0.2, 0.25) is 0 Å². The smallest absolute Gasteiger partial charge is 0.0626 e. The van der Waals surface area contributed by atoms with Crippen LogP contribution in [-0.4, -0.2) is 4.57 Å². The van der Waals surface area contributed by atoms with Gasteiger partial charge in [0, 0.05) is 44.5 Å². The minimum absolute atomic E-state index is 0.302. The van der Waals surface area contributed by atoms with Crippen LogP contribution in [0.15, 0.2) is 255 Å². The number of fused-ring (bicyclic) bond motifs is 9. The van der Waals surface area contributed by atoms with Gasteiger partial charge in [-0.05, 0) is 120 Å². The first-order valence-electron chi connectivity index (χ1n) is 24.0. The minimum atomic E-state index is -0.302. The Morgan fingerprint density at radius 1 is 0.333 bits per heavy atom. The first kappa shape index (κ1) is 40.5. The number of hydrogen-bond acceptors (Lipinski definition) is 1. The van der Waals surface area contributed by atoms with Crippen LogP contribution in [0.3, 0.4) is 0 Å². The Labute approximate surface area is 403 Å². The molecule has 1 aromatic heterocycles. The maximum absolute atomic E-state index is 2.58. The maximum atomic E-state index is 2.58. The highest BCUT2D eigenvalue weighted by atomic mass is 15.1. The van der Waals surface area contributed by atoms with Crippen LogP contribution in [0.25, 0.3) is 93.9 Å². The van der Waals surface area contributed by atoms with E-state index in [1.165, 1.54) is 99.3 Å². The highest BCUT2D eigenvalue weighted by Crippen LogP contribution is 2.53. The summed E-state index contributed by atoms with van der Waals surface area (Å²) in [6, 6.07) is 93.5. The lowest BCUT2D eigenvalue weighted by molar-refractivity contribution is 0.660. The third-order valence-corrected chi connectivity index (χ3v) is 14.6. The molecule has 326 valence electrons. The largest absolute Gasteiger partial charge is 0.310 e. The Morgan fingerprint density at radius 2 is 0.739 bits per heavy atom. The molecule has 0 saturated heterocycles. The van der Waals surface area contributed by atoms with Crippen molar-refractivity contribution in [2.45, 2.75) is 19.3 Å². The fourth-order valence-corrected chi connectivity index (χ4v) is 11.3. The summed E-state index contributed by atoms with van der Waals surface area (Å²) in [5.41, 5.74) is 20.3. The van der Waals surface area contributed by atoms with E-state index in [0.717, 1.165) is 22.7 Å². The third-order valence-electron chi connectivity index (χ3n) is 14.6. The van der Waals surface area contributed by atoms with Crippen LogP contribution < -0.4 is 4.90 Å². The van der Waals surface area contributed by atoms with Crippen LogP contribution in [0, 0.1) is 0 Å². The van der Waals surface area contributed by atoms with Gasteiger partial charge in [0.15, 0.2) is 0 Å². The molecule has 0 spiro atoms. The summed E-state index contributed by atoms with van der Waals surface area (Å²) in [4.78, 5) is 2.41. The van der Waals surface area contributed by atoms with Crippen LogP contribution in [0.5, 0.6) is 0 Å². The molecule has 69 heavy (non-hydrogen) atoms. The summed E-state index contributed by atoms with van der Waals surface area (Å²) in [5.74, 6) is 0. The molecule has 0 amide bonds. The van der Waals surface area contributed by atoms with Crippen molar-refractivity contribution in [3.8, 4) is 61.5 Å². The molecule has 0 N–H and O–H groups in total. The van der Waals surface area contributed by atoms with Gasteiger partial charge >= 0.3 is 0 Å². The van der Waals surface area contributed by atoms with Gasteiger partial charge in [-0.3, -0.25) is 0 Å². The molecule has 0 bridgehead atoms. The van der Waals surface area contributed by atoms with Crippen LogP contribution in [0.1, 0.15) is 25.0 Å². The standard InChI is InChI=1S/C67H48N2/c1-67(2)61-43-53(68(51-35-31-47(32-36-51)45-19-7-3-8-20-45)52-37-33-48(34-38-52)46-21-9-4-10-22-46)39-41-57(61)58-42-40-54(44-62(58)67)69-65(50-25-13-6-14-26-50)63(49-23-11-5-12-24-49)64-59-29-17-15-27-55(59)56-28-16-18-30-60(56)66(64)69/h3-44H,1-2H3. The molecule has 12 aromatic rings. The lowest BCUT2D eigenvalue weighted by atomic mass is 9.82. The van der Waals surface area contributed by atoms with Crippen molar-refractivity contribution in [1.82, 2.24) is 4.57 Å². The normalized spacial score (nSPS) is 12.6. The van der Waals surface area contributed by atoms with E-state index >= 15 is 0 Å². The molecule has 1 heterocycles. The molecule has 1 aliphatic carbocycles. The van der Waals surface area contributed by atoms with E-state index in [4.69, 9.17) is 0 Å². The molecule has 0 fully saturated rings. The van der Waals surface area contributed by atoms with Crippen molar-refractivity contribution in [3.05, 3.63) is 266 Å². The average molecular weight is 881 g/mol. The summed E-state index contributed by atoms with van der Waals surface area (Å²) in [6.07, 6.45) is 0. The molecule has 11 aromatic carbocycles. The van der Waals surface area contributed by atoms with Gasteiger partial charge in [0.05, 0.1) is 11.2 Å². The monoisotopic (exact) mass is 880 g/mol. The quantitative estimate of drug-likeness (QED) is 0.138. The summed E-state index contributed by atoms with van der Waals surface area (Å²) >= 11 is 0. The van der Waals surface area contributed by atoms with E-state index in [0.29, 0.717) is 0 Å². The SMILES string of the molecule is CC1(C)c2cc(N(c3ccc(-c4ccccc4)cc3)c3ccc(-c4ccccc4)cc3)ccc2-c2ccc(-n3c(-c4ccccc4)c(-c4ccccc4)c4c5ccccc5c5ccccc5c43)cc21. The minimum Gasteiger partial charge on any atom is -0.310 e. The molecular weight excluding hydrogens is 833 g/mol. The molecule has 2 nitrogen and oxygen atoms in total. The van der Waals surface area contributed by atoms with E-state index in [9.17, 15) is 0 Å². The molecule has 1 aliphatic rings. The fourth-order valence-electron chi connectivity index (χ4n) is 11.3. The lowest BCUT2D eigenvalue weighted by Gasteiger charge is -2.28. The number of benzene rings is 11. The molecule has 0 radical (unpaired) electrons. The van der Waals surface area contributed by atoms with Gasteiger partial charge < -0.3 is 9.47 Å². The zero-order valence-electron chi connectivity index (χ0n) is 38.6. The van der Waals surface area contributed by atoms with Gasteiger partial charge in [-0.2, -0.15) is 0 Å². The number of hydrogen-bond donors (Lipinski definition) is 0. The number of anilines is 3. The molecule has 0 atom stereocenters. The topological polar surface area (TPSA) is 8.17 Å². The van der Waals surface area contributed by atoms with Crippen molar-refractivity contribution in [3.63, 3.8) is 0 Å². The van der Waals surface area contributed by atoms with Crippen molar-refractivity contribution in [1.29, 1.82) is 0 Å². The highest BCUT2D eigenvalue weighted by molar-refractivity contribution is 6.30. The number of nitrogens with zero attached hydrogens (tertiary/aromatic N) is 2. The Morgan fingerprint density at radius 3 is 1.29 bits per heavy atom. The van der Waals surface area contributed by atoms with E-state index in [2.05, 4.69) is 278 Å². The second kappa shape index (κ2) is 16.3. The van der Waals surface area contributed by atoms with Crippen LogP contribution in [-0.2, 0) is 5.41 Å². The molecule has 0 saturated carbocycles. The first-order valence-corrected chi connectivity index (χ1v) is 24.0. The molecule has 2 heteroatoms. The van der Waals surface area contributed by atoms with E-state index < -0.39 is 0 Å².